The molecule has 2 aromatic rings. The molecule has 2 fully saturated rings. The highest BCUT2D eigenvalue weighted by molar-refractivity contribution is 5.95. The first-order valence-electron chi connectivity index (χ1n) is 9.30. The highest BCUT2D eigenvalue weighted by Crippen LogP contribution is 2.32. The predicted molar refractivity (Wildman–Crippen MR) is 98.3 cm³/mol. The standard InChI is InChI=1S/C21H21F3N2O2/c22-16-3-5-17(6-4-16)26-14-21(28-12-20(26)27)8-1-9-25(13-21)11-15-2-7-18(23)19(24)10-15/h2-7,10H,1,8-9,11-14H2. The number of carbonyl (C=O) groups excluding carboxylic acids is 1. The molecule has 2 saturated heterocycles. The summed E-state index contributed by atoms with van der Waals surface area (Å²) >= 11 is 0. The largest absolute Gasteiger partial charge is 0.362 e. The van der Waals surface area contributed by atoms with Crippen LogP contribution in [0.3, 0.4) is 0 Å². The van der Waals surface area contributed by atoms with E-state index >= 15 is 0 Å². The first kappa shape index (κ1) is 19.0. The monoisotopic (exact) mass is 390 g/mol. The molecule has 148 valence electrons. The van der Waals surface area contributed by atoms with Gasteiger partial charge in [0.15, 0.2) is 11.6 Å². The van der Waals surface area contributed by atoms with Crippen molar-refractivity contribution in [2.75, 3.05) is 31.1 Å². The fourth-order valence-corrected chi connectivity index (χ4v) is 4.04. The lowest BCUT2D eigenvalue weighted by atomic mass is 9.90. The first-order valence-corrected chi connectivity index (χ1v) is 9.30. The molecule has 2 aliphatic heterocycles. The van der Waals surface area contributed by atoms with E-state index < -0.39 is 17.2 Å². The molecule has 0 N–H and O–H groups in total. The maximum Gasteiger partial charge on any atom is 0.253 e. The van der Waals surface area contributed by atoms with E-state index in [1.807, 2.05) is 0 Å². The zero-order chi connectivity index (χ0) is 19.7. The topological polar surface area (TPSA) is 32.8 Å². The maximum absolute atomic E-state index is 13.5. The van der Waals surface area contributed by atoms with Crippen molar-refractivity contribution in [2.45, 2.75) is 25.0 Å². The molecule has 0 radical (unpaired) electrons. The van der Waals surface area contributed by atoms with Crippen LogP contribution in [0, 0.1) is 17.5 Å². The number of nitrogens with zero attached hydrogens (tertiary/aromatic N) is 2. The number of hydrogen-bond donors (Lipinski definition) is 0. The van der Waals surface area contributed by atoms with Gasteiger partial charge in [-0.3, -0.25) is 9.69 Å². The Bertz CT molecular complexity index is 874. The molecule has 1 amide bonds. The molecule has 2 aliphatic rings. The number of anilines is 1. The number of halogens is 3. The summed E-state index contributed by atoms with van der Waals surface area (Å²) in [5, 5.41) is 0. The summed E-state index contributed by atoms with van der Waals surface area (Å²) in [5.74, 6) is -2.22. The molecule has 28 heavy (non-hydrogen) atoms. The predicted octanol–water partition coefficient (Wildman–Crippen LogP) is 3.50. The average molecular weight is 390 g/mol. The van der Waals surface area contributed by atoms with Crippen LogP contribution in [-0.4, -0.2) is 42.6 Å². The summed E-state index contributed by atoms with van der Waals surface area (Å²) in [5.41, 5.74) is 0.809. The van der Waals surface area contributed by atoms with Crippen molar-refractivity contribution in [2.24, 2.45) is 0 Å². The van der Waals surface area contributed by atoms with Gasteiger partial charge in [-0.2, -0.15) is 0 Å². The average Bonchev–Trinajstić information content (AvgIpc) is 2.68. The van der Waals surface area contributed by atoms with E-state index in [1.54, 1.807) is 23.1 Å². The van der Waals surface area contributed by atoms with E-state index in [4.69, 9.17) is 4.74 Å². The van der Waals surface area contributed by atoms with Gasteiger partial charge in [0.1, 0.15) is 12.4 Å². The summed E-state index contributed by atoms with van der Waals surface area (Å²) < 4.78 is 45.9. The van der Waals surface area contributed by atoms with E-state index in [2.05, 4.69) is 4.90 Å². The second-order valence-corrected chi connectivity index (χ2v) is 7.49. The van der Waals surface area contributed by atoms with Crippen molar-refractivity contribution >= 4 is 11.6 Å². The normalized spacial score (nSPS) is 23.4. The number of morpholine rings is 1. The number of carbonyl (C=O) groups is 1. The van der Waals surface area contributed by atoms with Crippen LogP contribution < -0.4 is 4.90 Å². The van der Waals surface area contributed by atoms with Crippen LogP contribution in [0.15, 0.2) is 42.5 Å². The summed E-state index contributed by atoms with van der Waals surface area (Å²) in [7, 11) is 0. The van der Waals surface area contributed by atoms with Crippen molar-refractivity contribution < 1.29 is 22.7 Å². The Labute approximate surface area is 161 Å². The van der Waals surface area contributed by atoms with Crippen LogP contribution in [0.1, 0.15) is 18.4 Å². The van der Waals surface area contributed by atoms with Crippen LogP contribution >= 0.6 is 0 Å². The van der Waals surface area contributed by atoms with Crippen molar-refractivity contribution in [3.63, 3.8) is 0 Å². The van der Waals surface area contributed by atoms with Gasteiger partial charge >= 0.3 is 0 Å². The molecule has 7 heteroatoms. The number of likely N-dealkylation sites (tertiary alicyclic amines) is 1. The van der Waals surface area contributed by atoms with Crippen molar-refractivity contribution in [1.29, 1.82) is 0 Å². The number of amides is 1. The third kappa shape index (κ3) is 3.91. The highest BCUT2D eigenvalue weighted by atomic mass is 19.2. The zero-order valence-corrected chi connectivity index (χ0v) is 15.3. The Kier molecular flexibility index (Phi) is 5.12. The summed E-state index contributed by atoms with van der Waals surface area (Å²) in [6, 6.07) is 9.78. The molecule has 0 aliphatic carbocycles. The molecule has 1 atom stereocenters. The number of piperidine rings is 1. The number of ether oxygens (including phenoxy) is 1. The highest BCUT2D eigenvalue weighted by Gasteiger charge is 2.43. The minimum Gasteiger partial charge on any atom is -0.362 e. The molecular formula is C21H21F3N2O2. The Hall–Kier alpha value is -2.38. The minimum absolute atomic E-state index is 0.0314. The Morgan fingerprint density at radius 3 is 2.54 bits per heavy atom. The number of benzene rings is 2. The molecule has 2 aromatic carbocycles. The minimum atomic E-state index is -0.858. The molecule has 1 unspecified atom stereocenters. The van der Waals surface area contributed by atoms with Crippen LogP contribution in [0.5, 0.6) is 0 Å². The quantitative estimate of drug-likeness (QED) is 0.804. The maximum atomic E-state index is 13.5. The van der Waals surface area contributed by atoms with Gasteiger partial charge in [-0.15, -0.1) is 0 Å². The zero-order valence-electron chi connectivity index (χ0n) is 15.3. The van der Waals surface area contributed by atoms with E-state index in [0.29, 0.717) is 30.9 Å². The van der Waals surface area contributed by atoms with E-state index in [9.17, 15) is 18.0 Å². The lowest BCUT2D eigenvalue weighted by Gasteiger charge is -2.47. The molecule has 0 bridgehead atoms. The molecule has 2 heterocycles. The van der Waals surface area contributed by atoms with Crippen LogP contribution in [0.2, 0.25) is 0 Å². The van der Waals surface area contributed by atoms with Crippen LogP contribution in [0.4, 0.5) is 18.9 Å². The van der Waals surface area contributed by atoms with Gasteiger partial charge in [-0.25, -0.2) is 13.2 Å². The Morgan fingerprint density at radius 1 is 1.00 bits per heavy atom. The lowest BCUT2D eigenvalue weighted by Crippen LogP contribution is -2.61. The van der Waals surface area contributed by atoms with Gasteiger partial charge in [0, 0.05) is 18.8 Å². The van der Waals surface area contributed by atoms with Crippen molar-refractivity contribution in [1.82, 2.24) is 4.90 Å². The number of rotatable bonds is 3. The Balaban J connectivity index is 1.49. The van der Waals surface area contributed by atoms with E-state index in [0.717, 1.165) is 25.5 Å². The van der Waals surface area contributed by atoms with E-state index in [1.165, 1.54) is 18.2 Å². The molecular weight excluding hydrogens is 369 g/mol. The van der Waals surface area contributed by atoms with Crippen molar-refractivity contribution in [3.05, 3.63) is 65.5 Å². The summed E-state index contributed by atoms with van der Waals surface area (Å²) in [6.45, 7) is 2.22. The van der Waals surface area contributed by atoms with Gasteiger partial charge in [-0.1, -0.05) is 6.07 Å². The van der Waals surface area contributed by atoms with Gasteiger partial charge in [0.05, 0.1) is 12.1 Å². The van der Waals surface area contributed by atoms with Crippen LogP contribution in [0.25, 0.3) is 0 Å². The fourth-order valence-electron chi connectivity index (χ4n) is 4.04. The number of hydrogen-bond acceptors (Lipinski definition) is 3. The molecule has 1 spiro atoms. The van der Waals surface area contributed by atoms with Gasteiger partial charge in [0.25, 0.3) is 5.91 Å². The third-order valence-corrected chi connectivity index (χ3v) is 5.40. The summed E-state index contributed by atoms with van der Waals surface area (Å²) in [4.78, 5) is 16.1. The van der Waals surface area contributed by atoms with E-state index in [-0.39, 0.29) is 18.3 Å². The Morgan fingerprint density at radius 2 is 1.79 bits per heavy atom. The SMILES string of the molecule is O=C1COC2(CCCN(Cc3ccc(F)c(F)c3)C2)CN1c1ccc(F)cc1. The summed E-state index contributed by atoms with van der Waals surface area (Å²) in [6.07, 6.45) is 1.67. The lowest BCUT2D eigenvalue weighted by molar-refractivity contribution is -0.146. The smallest absolute Gasteiger partial charge is 0.253 e. The third-order valence-electron chi connectivity index (χ3n) is 5.40. The second-order valence-electron chi connectivity index (χ2n) is 7.49. The molecule has 4 nitrogen and oxygen atoms in total. The molecule has 0 saturated carbocycles. The van der Waals surface area contributed by atoms with Gasteiger partial charge in [-0.05, 0) is 61.3 Å². The van der Waals surface area contributed by atoms with Crippen molar-refractivity contribution in [3.8, 4) is 0 Å². The first-order chi connectivity index (χ1) is 13.4. The van der Waals surface area contributed by atoms with Crippen LogP contribution in [-0.2, 0) is 16.1 Å². The second kappa shape index (κ2) is 7.56. The molecule has 4 rings (SSSR count). The fraction of sp³-hybridized carbons (Fsp3) is 0.381. The molecule has 0 aromatic heterocycles. The van der Waals surface area contributed by atoms with Gasteiger partial charge < -0.3 is 9.64 Å². The van der Waals surface area contributed by atoms with Gasteiger partial charge in [0.2, 0.25) is 0 Å².